The van der Waals surface area contributed by atoms with Crippen molar-refractivity contribution in [2.24, 2.45) is 5.41 Å². The number of ether oxygens (including phenoxy) is 1. The smallest absolute Gasteiger partial charge is 0.407 e. The van der Waals surface area contributed by atoms with Crippen molar-refractivity contribution in [3.05, 3.63) is 59.7 Å². The number of hydrogen-bond acceptors (Lipinski definition) is 3. The van der Waals surface area contributed by atoms with Gasteiger partial charge in [0.15, 0.2) is 0 Å². The largest absolute Gasteiger partial charge is 0.480 e. The van der Waals surface area contributed by atoms with E-state index in [0.29, 0.717) is 0 Å². The molecule has 0 spiro atoms. The second kappa shape index (κ2) is 9.18. The SMILES string of the molecule is CCCC1([C@H](NC(=O)OCC2c3ccccc3-c3ccccc32)C(=O)O)CC[N+](C)(C)CC1. The number of carbonyl (C=O) groups excluding carboxylic acids is 1. The Bertz CT molecular complexity index is 977. The van der Waals surface area contributed by atoms with Gasteiger partial charge in [0.25, 0.3) is 0 Å². The number of amides is 1. The molecule has 4 rings (SSSR count). The molecule has 6 heteroatoms. The zero-order valence-corrected chi connectivity index (χ0v) is 19.8. The number of quaternary nitrogens is 1. The Morgan fingerprint density at radius 2 is 1.61 bits per heavy atom. The Balaban J connectivity index is 1.48. The summed E-state index contributed by atoms with van der Waals surface area (Å²) in [7, 11) is 4.34. The molecule has 176 valence electrons. The van der Waals surface area contributed by atoms with Crippen LogP contribution < -0.4 is 5.32 Å². The van der Waals surface area contributed by atoms with Crippen molar-refractivity contribution in [1.82, 2.24) is 5.32 Å². The van der Waals surface area contributed by atoms with Gasteiger partial charge in [-0.3, -0.25) is 0 Å². The van der Waals surface area contributed by atoms with E-state index in [1.54, 1.807) is 0 Å². The Labute approximate surface area is 196 Å². The van der Waals surface area contributed by atoms with Crippen LogP contribution in [-0.2, 0) is 9.53 Å². The van der Waals surface area contributed by atoms with Crippen LogP contribution in [0.15, 0.2) is 48.5 Å². The number of alkyl carbamates (subject to hydrolysis) is 1. The number of carboxylic acids is 1. The molecule has 6 nitrogen and oxygen atoms in total. The molecule has 1 amide bonds. The maximum Gasteiger partial charge on any atom is 0.407 e. The highest BCUT2D eigenvalue weighted by Crippen LogP contribution is 2.45. The summed E-state index contributed by atoms with van der Waals surface area (Å²) >= 11 is 0. The Kier molecular flexibility index (Phi) is 6.48. The number of benzene rings is 2. The van der Waals surface area contributed by atoms with Crippen LogP contribution in [-0.4, -0.2) is 61.5 Å². The van der Waals surface area contributed by atoms with Crippen LogP contribution in [0.5, 0.6) is 0 Å². The molecule has 1 aliphatic carbocycles. The summed E-state index contributed by atoms with van der Waals surface area (Å²) in [6.07, 6.45) is 2.54. The molecule has 1 fully saturated rings. The fourth-order valence-corrected chi connectivity index (χ4v) is 5.70. The predicted molar refractivity (Wildman–Crippen MR) is 128 cm³/mol. The van der Waals surface area contributed by atoms with E-state index < -0.39 is 23.5 Å². The van der Waals surface area contributed by atoms with Gasteiger partial charge in [0.05, 0.1) is 27.2 Å². The van der Waals surface area contributed by atoms with Crippen molar-refractivity contribution < 1.29 is 23.9 Å². The van der Waals surface area contributed by atoms with Crippen molar-refractivity contribution in [2.45, 2.75) is 44.6 Å². The third-order valence-electron chi connectivity index (χ3n) is 7.64. The second-order valence-corrected chi connectivity index (χ2v) is 10.2. The molecule has 2 aromatic carbocycles. The molecular formula is C27H35N2O4+. The molecule has 2 N–H and O–H groups in total. The summed E-state index contributed by atoms with van der Waals surface area (Å²) in [5.74, 6) is -1.03. The van der Waals surface area contributed by atoms with E-state index in [-0.39, 0.29) is 12.5 Å². The predicted octanol–water partition coefficient (Wildman–Crippen LogP) is 4.64. The maximum absolute atomic E-state index is 12.9. The lowest BCUT2D eigenvalue weighted by Gasteiger charge is -2.47. The minimum absolute atomic E-state index is 0.0520. The minimum atomic E-state index is -0.982. The number of rotatable bonds is 7. The molecule has 1 aliphatic heterocycles. The Morgan fingerprint density at radius 1 is 1.06 bits per heavy atom. The number of hydrogen-bond donors (Lipinski definition) is 2. The normalized spacial score (nSPS) is 19.2. The van der Waals surface area contributed by atoms with Crippen molar-refractivity contribution in [3.63, 3.8) is 0 Å². The standard InChI is InChI=1S/C27H34N2O4/c1-4-13-27(14-16-29(2,3)17-15-27)24(25(30)31)28-26(32)33-18-23-21-11-7-5-9-19(21)20-10-6-8-12-22(20)23/h5-12,23-24H,4,13-18H2,1-3H3,(H-,28,30,31,32)/p+1/t24-/m1/s1. The summed E-state index contributed by atoms with van der Waals surface area (Å²) in [5.41, 5.74) is 4.15. The van der Waals surface area contributed by atoms with Gasteiger partial charge in [-0.25, -0.2) is 9.59 Å². The number of aliphatic carboxylic acids is 1. The van der Waals surface area contributed by atoms with Crippen LogP contribution in [0.3, 0.4) is 0 Å². The number of nitrogens with one attached hydrogen (secondary N) is 1. The summed E-state index contributed by atoms with van der Waals surface area (Å²) < 4.78 is 6.54. The maximum atomic E-state index is 12.9. The summed E-state index contributed by atoms with van der Waals surface area (Å²) in [5, 5.41) is 12.8. The van der Waals surface area contributed by atoms with Gasteiger partial charge in [0.2, 0.25) is 0 Å². The molecular weight excluding hydrogens is 416 g/mol. The van der Waals surface area contributed by atoms with Crippen LogP contribution in [0, 0.1) is 5.41 Å². The molecule has 1 atom stereocenters. The topological polar surface area (TPSA) is 75.6 Å². The van der Waals surface area contributed by atoms with Gasteiger partial charge in [0.1, 0.15) is 12.6 Å². The lowest BCUT2D eigenvalue weighted by molar-refractivity contribution is -0.897. The first kappa shape index (κ1) is 23.3. The van der Waals surface area contributed by atoms with E-state index in [0.717, 1.165) is 65.5 Å². The highest BCUT2D eigenvalue weighted by Gasteiger charge is 2.48. The molecule has 0 unspecified atom stereocenters. The van der Waals surface area contributed by atoms with E-state index in [1.807, 2.05) is 24.3 Å². The van der Waals surface area contributed by atoms with Crippen molar-refractivity contribution in [2.75, 3.05) is 33.8 Å². The third kappa shape index (κ3) is 4.62. The summed E-state index contributed by atoms with van der Waals surface area (Å²) in [4.78, 5) is 25.1. The van der Waals surface area contributed by atoms with Crippen molar-refractivity contribution >= 4 is 12.1 Å². The average molecular weight is 452 g/mol. The number of carboxylic acid groups (broad SMARTS) is 1. The van der Waals surface area contributed by atoms with E-state index >= 15 is 0 Å². The molecule has 0 radical (unpaired) electrons. The molecule has 33 heavy (non-hydrogen) atoms. The van der Waals surface area contributed by atoms with E-state index in [2.05, 4.69) is 50.6 Å². The van der Waals surface area contributed by atoms with Gasteiger partial charge in [-0.1, -0.05) is 61.9 Å². The number of likely N-dealkylation sites (tertiary alicyclic amines) is 1. The Hall–Kier alpha value is -2.86. The summed E-state index contributed by atoms with van der Waals surface area (Å²) in [6.45, 7) is 4.05. The van der Waals surface area contributed by atoms with Crippen LogP contribution in [0.4, 0.5) is 4.79 Å². The van der Waals surface area contributed by atoms with Crippen LogP contribution >= 0.6 is 0 Å². The minimum Gasteiger partial charge on any atom is -0.480 e. The summed E-state index contributed by atoms with van der Waals surface area (Å²) in [6, 6.07) is 15.4. The van der Waals surface area contributed by atoms with Crippen LogP contribution in [0.1, 0.15) is 49.7 Å². The molecule has 2 aliphatic rings. The zero-order valence-electron chi connectivity index (χ0n) is 19.8. The number of carbonyl (C=O) groups is 2. The fraction of sp³-hybridized carbons (Fsp3) is 0.481. The monoisotopic (exact) mass is 451 g/mol. The fourth-order valence-electron chi connectivity index (χ4n) is 5.70. The number of piperidine rings is 1. The van der Waals surface area contributed by atoms with Gasteiger partial charge < -0.3 is 19.6 Å². The zero-order chi connectivity index (χ0) is 23.6. The van der Waals surface area contributed by atoms with Crippen LogP contribution in [0.25, 0.3) is 11.1 Å². The quantitative estimate of drug-likeness (QED) is 0.602. The van der Waals surface area contributed by atoms with Crippen LogP contribution in [0.2, 0.25) is 0 Å². The number of nitrogens with zero attached hydrogens (tertiary/aromatic N) is 1. The van der Waals surface area contributed by atoms with Crippen molar-refractivity contribution in [3.8, 4) is 11.1 Å². The van der Waals surface area contributed by atoms with Gasteiger partial charge in [-0.2, -0.15) is 0 Å². The van der Waals surface area contributed by atoms with E-state index in [1.165, 1.54) is 0 Å². The lowest BCUT2D eigenvalue weighted by Crippen LogP contribution is -2.59. The average Bonchev–Trinajstić information content (AvgIpc) is 3.11. The van der Waals surface area contributed by atoms with Gasteiger partial charge in [-0.05, 0) is 28.7 Å². The first-order valence-electron chi connectivity index (χ1n) is 11.9. The highest BCUT2D eigenvalue weighted by molar-refractivity contribution is 5.81. The van der Waals surface area contributed by atoms with Gasteiger partial charge >= 0.3 is 12.1 Å². The Morgan fingerprint density at radius 3 is 2.12 bits per heavy atom. The molecule has 0 bridgehead atoms. The molecule has 2 aromatic rings. The van der Waals surface area contributed by atoms with E-state index in [4.69, 9.17) is 4.74 Å². The highest BCUT2D eigenvalue weighted by atomic mass is 16.5. The first-order chi connectivity index (χ1) is 15.8. The van der Waals surface area contributed by atoms with E-state index in [9.17, 15) is 14.7 Å². The number of fused-ring (bicyclic) bond motifs is 3. The molecule has 1 heterocycles. The molecule has 0 aromatic heterocycles. The third-order valence-corrected chi connectivity index (χ3v) is 7.64. The van der Waals surface area contributed by atoms with Gasteiger partial charge in [0, 0.05) is 24.2 Å². The molecule has 1 saturated heterocycles. The second-order valence-electron chi connectivity index (χ2n) is 10.2. The van der Waals surface area contributed by atoms with Crippen molar-refractivity contribution in [1.29, 1.82) is 0 Å². The lowest BCUT2D eigenvalue weighted by atomic mass is 9.69. The molecule has 0 saturated carbocycles. The van der Waals surface area contributed by atoms with Gasteiger partial charge in [-0.15, -0.1) is 0 Å². The first-order valence-corrected chi connectivity index (χ1v) is 11.9.